The summed E-state index contributed by atoms with van der Waals surface area (Å²) in [6.45, 7) is 5.64. The molecule has 9 nitrogen and oxygen atoms in total. The molecule has 2 fully saturated rings. The van der Waals surface area contributed by atoms with Gasteiger partial charge in [0.2, 0.25) is 0 Å². The van der Waals surface area contributed by atoms with Crippen LogP contribution >= 0.6 is 22.6 Å². The maximum Gasteiger partial charge on any atom is 0.275 e. The van der Waals surface area contributed by atoms with Crippen LogP contribution in [-0.2, 0) is 0 Å². The van der Waals surface area contributed by atoms with Crippen LogP contribution < -0.4 is 10.6 Å². The van der Waals surface area contributed by atoms with E-state index in [1.54, 1.807) is 28.8 Å². The molecule has 1 amide bonds. The maximum absolute atomic E-state index is 13.2. The lowest BCUT2D eigenvalue weighted by Gasteiger charge is -2.13. The van der Waals surface area contributed by atoms with Gasteiger partial charge in [0.25, 0.3) is 5.91 Å². The Balaban J connectivity index is 1.41. The number of aliphatic imine (C=N–C) groups is 1. The van der Waals surface area contributed by atoms with Crippen LogP contribution in [0.25, 0.3) is 17.6 Å². The summed E-state index contributed by atoms with van der Waals surface area (Å²) < 4.78 is 3.81. The molecule has 2 N–H and O–H groups in total. The standard InChI is InChI=1S/C27H27IN8O/c1-3-4-6-20-17(2)32-23(13-22(20)29-14-24(30-15-28)18-9-10-18)27(37)34-25-8-5-7-21(33-25)26-35-31-16-36(26)19-11-12-19/h3-8,13-16,18-19H,1,9-12H2,2H3,(H,29,32)(H,33,34,37)/b6-4-,24-14-,30-15?. The number of nitrogens with zero attached hydrogens (tertiary/aromatic N) is 6. The number of allylic oxidation sites excluding steroid dienone is 3. The van der Waals surface area contributed by atoms with Crippen LogP contribution in [0.1, 0.15) is 53.5 Å². The highest BCUT2D eigenvalue weighted by Crippen LogP contribution is 2.38. The van der Waals surface area contributed by atoms with E-state index in [4.69, 9.17) is 0 Å². The van der Waals surface area contributed by atoms with Crippen LogP contribution in [0.5, 0.6) is 0 Å². The number of anilines is 2. The fraction of sp³-hybridized carbons (Fsp3) is 0.259. The molecule has 2 aliphatic carbocycles. The minimum atomic E-state index is -0.351. The van der Waals surface area contributed by atoms with Gasteiger partial charge >= 0.3 is 0 Å². The SMILES string of the molecule is C=C/C=C\c1c(N/C=C(\N=CI)C2CC2)cc(C(=O)Nc2cccc(-c3nncn3C3CC3)n2)nc1C. The Hall–Kier alpha value is -3.67. The molecule has 37 heavy (non-hydrogen) atoms. The van der Waals surface area contributed by atoms with Gasteiger partial charge in [0.05, 0.1) is 9.92 Å². The van der Waals surface area contributed by atoms with Crippen molar-refractivity contribution in [1.29, 1.82) is 0 Å². The van der Waals surface area contributed by atoms with E-state index in [2.05, 4.69) is 65.0 Å². The summed E-state index contributed by atoms with van der Waals surface area (Å²) in [5.41, 5.74) is 4.28. The lowest BCUT2D eigenvalue weighted by molar-refractivity contribution is 0.102. The zero-order chi connectivity index (χ0) is 25.8. The normalized spacial score (nSPS) is 15.9. The zero-order valence-corrected chi connectivity index (χ0v) is 22.6. The first kappa shape index (κ1) is 25.0. The number of carbonyl (C=O) groups is 1. The van der Waals surface area contributed by atoms with Gasteiger partial charge in [-0.25, -0.2) is 9.97 Å². The van der Waals surface area contributed by atoms with E-state index in [1.807, 2.05) is 42.0 Å². The van der Waals surface area contributed by atoms with Gasteiger partial charge < -0.3 is 15.2 Å². The van der Waals surface area contributed by atoms with Crippen molar-refractivity contribution < 1.29 is 4.79 Å². The van der Waals surface area contributed by atoms with Gasteiger partial charge in [-0.05, 0) is 73.4 Å². The van der Waals surface area contributed by atoms with E-state index in [-0.39, 0.29) is 11.6 Å². The molecule has 2 saturated carbocycles. The van der Waals surface area contributed by atoms with E-state index < -0.39 is 0 Å². The van der Waals surface area contributed by atoms with Crippen molar-refractivity contribution in [3.05, 3.63) is 78.2 Å². The van der Waals surface area contributed by atoms with E-state index in [1.165, 1.54) is 0 Å². The molecule has 0 bridgehead atoms. The highest BCUT2D eigenvalue weighted by molar-refractivity contribution is 14.1. The first-order chi connectivity index (χ1) is 18.1. The number of hydrogen-bond donors (Lipinski definition) is 2. The Morgan fingerprint density at radius 3 is 2.81 bits per heavy atom. The van der Waals surface area contributed by atoms with Gasteiger partial charge in [0, 0.05) is 35.1 Å². The zero-order valence-electron chi connectivity index (χ0n) is 20.4. The molecule has 0 atom stereocenters. The molecular formula is C27H27IN8O. The Kier molecular flexibility index (Phi) is 7.54. The van der Waals surface area contributed by atoms with Gasteiger partial charge in [-0.15, -0.1) is 10.2 Å². The quantitative estimate of drug-likeness (QED) is 0.168. The summed E-state index contributed by atoms with van der Waals surface area (Å²) in [6, 6.07) is 7.63. The molecule has 188 valence electrons. The largest absolute Gasteiger partial charge is 0.359 e. The second kappa shape index (κ2) is 11.2. The number of hydrogen-bond acceptors (Lipinski definition) is 7. The van der Waals surface area contributed by atoms with Crippen molar-refractivity contribution >= 4 is 50.3 Å². The monoisotopic (exact) mass is 606 g/mol. The Morgan fingerprint density at radius 1 is 1.24 bits per heavy atom. The van der Waals surface area contributed by atoms with E-state index in [0.29, 0.717) is 35.0 Å². The average Bonchev–Trinajstić information content (AvgIpc) is 3.84. The molecule has 3 aromatic rings. The number of carbonyl (C=O) groups excluding carboxylic acids is 1. The number of nitrogens with one attached hydrogen (secondary N) is 2. The number of aryl methyl sites for hydroxylation is 1. The Bertz CT molecular complexity index is 1420. The number of rotatable bonds is 10. The molecule has 0 aromatic carbocycles. The molecule has 3 aromatic heterocycles. The van der Waals surface area contributed by atoms with Gasteiger partial charge in [-0.2, -0.15) is 0 Å². The summed E-state index contributed by atoms with van der Waals surface area (Å²) in [5, 5.41) is 14.5. The smallest absolute Gasteiger partial charge is 0.275 e. The first-order valence-electron chi connectivity index (χ1n) is 12.2. The third kappa shape index (κ3) is 6.01. The summed E-state index contributed by atoms with van der Waals surface area (Å²) in [5.74, 6) is 1.24. The second-order valence-electron chi connectivity index (χ2n) is 9.02. The molecular weight excluding hydrogens is 579 g/mol. The molecule has 2 aliphatic rings. The van der Waals surface area contributed by atoms with Crippen LogP contribution in [0, 0.1) is 12.8 Å². The summed E-state index contributed by atoms with van der Waals surface area (Å²) in [7, 11) is 0. The minimum Gasteiger partial charge on any atom is -0.359 e. The Morgan fingerprint density at radius 2 is 2.08 bits per heavy atom. The molecule has 5 rings (SSSR count). The van der Waals surface area contributed by atoms with Gasteiger partial charge in [-0.3, -0.25) is 9.79 Å². The van der Waals surface area contributed by atoms with Crippen molar-refractivity contribution in [2.45, 2.75) is 38.6 Å². The second-order valence-corrected chi connectivity index (χ2v) is 9.58. The lowest BCUT2D eigenvalue weighted by atomic mass is 10.1. The topological polar surface area (TPSA) is 110 Å². The number of pyridine rings is 2. The summed E-state index contributed by atoms with van der Waals surface area (Å²) >= 11 is 2.13. The van der Waals surface area contributed by atoms with Crippen molar-refractivity contribution in [2.75, 3.05) is 10.6 Å². The van der Waals surface area contributed by atoms with Gasteiger partial charge in [-0.1, -0.05) is 30.9 Å². The molecule has 0 radical (unpaired) electrons. The molecule has 0 unspecified atom stereocenters. The summed E-state index contributed by atoms with van der Waals surface area (Å²) in [4.78, 5) is 26.9. The fourth-order valence-corrected chi connectivity index (χ4v) is 4.32. The highest BCUT2D eigenvalue weighted by atomic mass is 127. The minimum absolute atomic E-state index is 0.280. The molecule has 10 heteroatoms. The van der Waals surface area contributed by atoms with Crippen molar-refractivity contribution in [3.63, 3.8) is 0 Å². The van der Waals surface area contributed by atoms with Crippen LogP contribution in [-0.4, -0.2) is 34.9 Å². The maximum atomic E-state index is 13.2. The average molecular weight is 606 g/mol. The van der Waals surface area contributed by atoms with Gasteiger partial charge in [0.15, 0.2) is 5.82 Å². The van der Waals surface area contributed by atoms with E-state index in [0.717, 1.165) is 42.6 Å². The van der Waals surface area contributed by atoms with Crippen LogP contribution in [0.2, 0.25) is 0 Å². The number of aromatic nitrogens is 5. The molecule has 0 spiro atoms. The summed E-state index contributed by atoms with van der Waals surface area (Å²) in [6.07, 6.45) is 13.6. The van der Waals surface area contributed by atoms with E-state index >= 15 is 0 Å². The van der Waals surface area contributed by atoms with Crippen molar-refractivity contribution in [1.82, 2.24) is 24.7 Å². The number of amides is 1. The predicted molar refractivity (Wildman–Crippen MR) is 155 cm³/mol. The third-order valence-electron chi connectivity index (χ3n) is 6.18. The van der Waals surface area contributed by atoms with Crippen molar-refractivity contribution in [3.8, 4) is 11.5 Å². The lowest BCUT2D eigenvalue weighted by Crippen LogP contribution is -2.16. The van der Waals surface area contributed by atoms with Crippen LogP contribution in [0.15, 0.2) is 66.2 Å². The highest BCUT2D eigenvalue weighted by Gasteiger charge is 2.27. The van der Waals surface area contributed by atoms with Crippen LogP contribution in [0.4, 0.5) is 11.5 Å². The Labute approximate surface area is 229 Å². The molecule has 0 saturated heterocycles. The van der Waals surface area contributed by atoms with E-state index in [9.17, 15) is 4.79 Å². The molecule has 3 heterocycles. The van der Waals surface area contributed by atoms with Crippen molar-refractivity contribution in [2.24, 2.45) is 10.9 Å². The van der Waals surface area contributed by atoms with Crippen LogP contribution in [0.3, 0.4) is 0 Å². The number of halogens is 1. The molecule has 0 aliphatic heterocycles. The first-order valence-corrected chi connectivity index (χ1v) is 13.4. The van der Waals surface area contributed by atoms with Gasteiger partial charge in [0.1, 0.15) is 23.5 Å². The fourth-order valence-electron chi connectivity index (χ4n) is 4.00. The third-order valence-corrected chi connectivity index (χ3v) is 6.46. The predicted octanol–water partition coefficient (Wildman–Crippen LogP) is 5.96.